The molecule has 0 aliphatic carbocycles. The van der Waals surface area contributed by atoms with Gasteiger partial charge in [0.2, 0.25) is 0 Å². The van der Waals surface area contributed by atoms with Crippen molar-refractivity contribution in [1.82, 2.24) is 10.3 Å². The number of carbonyl (C=O) groups excluding carboxylic acids is 1. The zero-order valence-electron chi connectivity index (χ0n) is 8.48. The molecule has 2 N–H and O–H groups in total. The summed E-state index contributed by atoms with van der Waals surface area (Å²) in [6.45, 7) is 4.77. The topological polar surface area (TPSA) is 44.9 Å². The molecular formula is C11H14N2O. The highest BCUT2D eigenvalue weighted by atomic mass is 16.1. The molecule has 0 fully saturated rings. The van der Waals surface area contributed by atoms with E-state index in [2.05, 4.69) is 10.3 Å². The Kier molecular flexibility index (Phi) is 2.15. The van der Waals surface area contributed by atoms with Crippen LogP contribution in [-0.2, 0) is 6.42 Å². The highest BCUT2D eigenvalue weighted by Gasteiger charge is 2.19. The van der Waals surface area contributed by atoms with Crippen molar-refractivity contribution in [3.63, 3.8) is 0 Å². The van der Waals surface area contributed by atoms with Crippen LogP contribution in [0.5, 0.6) is 0 Å². The Hall–Kier alpha value is -1.51. The number of allylic oxidation sites excluding steroid dienone is 2. The highest BCUT2D eigenvalue weighted by Crippen LogP contribution is 2.20. The molecule has 3 heteroatoms. The molecule has 0 unspecified atom stereocenters. The number of aromatic amines is 1. The molecule has 14 heavy (non-hydrogen) atoms. The van der Waals surface area contributed by atoms with E-state index in [4.69, 9.17) is 0 Å². The van der Waals surface area contributed by atoms with Crippen LogP contribution in [0, 0.1) is 0 Å². The first-order valence-corrected chi connectivity index (χ1v) is 4.85. The third-order valence-corrected chi connectivity index (χ3v) is 2.66. The fraction of sp³-hybridized carbons (Fsp3) is 0.364. The number of aromatic nitrogens is 1. The fourth-order valence-corrected chi connectivity index (χ4v) is 1.66. The third-order valence-electron chi connectivity index (χ3n) is 2.66. The molecule has 0 spiro atoms. The lowest BCUT2D eigenvalue weighted by molar-refractivity contribution is 0.0946. The summed E-state index contributed by atoms with van der Waals surface area (Å²) >= 11 is 0. The minimum Gasteiger partial charge on any atom is -0.358 e. The van der Waals surface area contributed by atoms with Gasteiger partial charge in [-0.2, -0.15) is 0 Å². The minimum absolute atomic E-state index is 0.0395. The van der Waals surface area contributed by atoms with E-state index in [1.807, 2.05) is 26.0 Å². The standard InChI is InChI=1S/C11H14N2O/c1-3-7(2)10-6-8-9(13-10)4-5-12-11(8)14/h3,6,13H,4-5H2,1-2H3,(H,12,14). The molecular weight excluding hydrogens is 176 g/mol. The molecule has 2 rings (SSSR count). The van der Waals surface area contributed by atoms with Crippen LogP contribution in [0.15, 0.2) is 12.1 Å². The number of H-pyrrole nitrogens is 1. The number of fused-ring (bicyclic) bond motifs is 1. The van der Waals surface area contributed by atoms with E-state index in [1.165, 1.54) is 5.57 Å². The van der Waals surface area contributed by atoms with Crippen LogP contribution in [0.4, 0.5) is 0 Å². The van der Waals surface area contributed by atoms with E-state index < -0.39 is 0 Å². The number of rotatable bonds is 1. The molecule has 2 heterocycles. The first-order valence-electron chi connectivity index (χ1n) is 4.85. The van der Waals surface area contributed by atoms with Gasteiger partial charge in [0.1, 0.15) is 0 Å². The second-order valence-corrected chi connectivity index (χ2v) is 3.55. The predicted molar refractivity (Wildman–Crippen MR) is 56.2 cm³/mol. The van der Waals surface area contributed by atoms with E-state index in [-0.39, 0.29) is 5.91 Å². The van der Waals surface area contributed by atoms with Gasteiger partial charge >= 0.3 is 0 Å². The summed E-state index contributed by atoms with van der Waals surface area (Å²) in [6.07, 6.45) is 2.94. The Bertz CT molecular complexity index is 401. The maximum absolute atomic E-state index is 11.5. The second-order valence-electron chi connectivity index (χ2n) is 3.55. The second kappa shape index (κ2) is 3.33. The van der Waals surface area contributed by atoms with Gasteiger partial charge in [-0.1, -0.05) is 6.08 Å². The van der Waals surface area contributed by atoms with Crippen LogP contribution in [-0.4, -0.2) is 17.4 Å². The molecule has 0 radical (unpaired) electrons. The van der Waals surface area contributed by atoms with Crippen LogP contribution < -0.4 is 5.32 Å². The molecule has 0 atom stereocenters. The van der Waals surface area contributed by atoms with Crippen molar-refractivity contribution < 1.29 is 4.79 Å². The minimum atomic E-state index is 0.0395. The Morgan fingerprint density at radius 3 is 3.00 bits per heavy atom. The van der Waals surface area contributed by atoms with E-state index >= 15 is 0 Å². The Morgan fingerprint density at radius 1 is 1.57 bits per heavy atom. The predicted octanol–water partition coefficient (Wildman–Crippen LogP) is 1.72. The van der Waals surface area contributed by atoms with Crippen LogP contribution in [0.25, 0.3) is 5.57 Å². The van der Waals surface area contributed by atoms with Gasteiger partial charge in [-0.05, 0) is 25.5 Å². The zero-order chi connectivity index (χ0) is 10.1. The average molecular weight is 190 g/mol. The van der Waals surface area contributed by atoms with Crippen molar-refractivity contribution >= 4 is 11.5 Å². The summed E-state index contributed by atoms with van der Waals surface area (Å²) in [5.74, 6) is 0.0395. The number of hydrogen-bond acceptors (Lipinski definition) is 1. The smallest absolute Gasteiger partial charge is 0.253 e. The molecule has 1 amide bonds. The van der Waals surface area contributed by atoms with Crippen molar-refractivity contribution in [2.75, 3.05) is 6.54 Å². The maximum Gasteiger partial charge on any atom is 0.253 e. The summed E-state index contributed by atoms with van der Waals surface area (Å²) in [4.78, 5) is 14.7. The normalized spacial score (nSPS) is 16.4. The van der Waals surface area contributed by atoms with Gasteiger partial charge < -0.3 is 10.3 Å². The van der Waals surface area contributed by atoms with Gasteiger partial charge in [0, 0.05) is 24.4 Å². The van der Waals surface area contributed by atoms with Crippen LogP contribution in [0.1, 0.15) is 35.6 Å². The van der Waals surface area contributed by atoms with E-state index in [9.17, 15) is 4.79 Å². The third kappa shape index (κ3) is 1.35. The van der Waals surface area contributed by atoms with Gasteiger partial charge in [-0.3, -0.25) is 4.79 Å². The molecule has 1 aromatic rings. The molecule has 1 aliphatic rings. The van der Waals surface area contributed by atoms with Crippen molar-refractivity contribution in [3.05, 3.63) is 29.1 Å². The Morgan fingerprint density at radius 2 is 2.36 bits per heavy atom. The number of carbonyl (C=O) groups is 1. The molecule has 0 aromatic carbocycles. The number of amides is 1. The monoisotopic (exact) mass is 190 g/mol. The van der Waals surface area contributed by atoms with Gasteiger partial charge in [-0.15, -0.1) is 0 Å². The Balaban J connectivity index is 2.45. The summed E-state index contributed by atoms with van der Waals surface area (Å²) in [7, 11) is 0. The Labute approximate surface area is 83.2 Å². The lowest BCUT2D eigenvalue weighted by Gasteiger charge is -2.10. The molecule has 0 saturated carbocycles. The average Bonchev–Trinajstić information content (AvgIpc) is 2.62. The van der Waals surface area contributed by atoms with Crippen LogP contribution in [0.2, 0.25) is 0 Å². The molecule has 1 aromatic heterocycles. The van der Waals surface area contributed by atoms with Gasteiger partial charge in [0.25, 0.3) is 5.91 Å². The number of hydrogen-bond donors (Lipinski definition) is 2. The van der Waals surface area contributed by atoms with Crippen molar-refractivity contribution in [3.8, 4) is 0 Å². The van der Waals surface area contributed by atoms with Crippen molar-refractivity contribution in [2.24, 2.45) is 0 Å². The van der Waals surface area contributed by atoms with Gasteiger partial charge in [0.05, 0.1) is 5.56 Å². The molecule has 0 saturated heterocycles. The lowest BCUT2D eigenvalue weighted by atomic mass is 10.1. The van der Waals surface area contributed by atoms with E-state index in [0.717, 1.165) is 29.9 Å². The molecule has 1 aliphatic heterocycles. The number of nitrogens with one attached hydrogen (secondary N) is 2. The van der Waals surface area contributed by atoms with E-state index in [0.29, 0.717) is 0 Å². The fourth-order valence-electron chi connectivity index (χ4n) is 1.66. The summed E-state index contributed by atoms with van der Waals surface area (Å²) in [6, 6.07) is 1.93. The highest BCUT2D eigenvalue weighted by molar-refractivity contribution is 5.97. The zero-order valence-corrected chi connectivity index (χ0v) is 8.48. The van der Waals surface area contributed by atoms with Crippen molar-refractivity contribution in [2.45, 2.75) is 20.3 Å². The first-order chi connectivity index (χ1) is 6.72. The quantitative estimate of drug-likeness (QED) is 0.696. The van der Waals surface area contributed by atoms with Gasteiger partial charge in [-0.25, -0.2) is 0 Å². The maximum atomic E-state index is 11.5. The van der Waals surface area contributed by atoms with Crippen LogP contribution in [0.3, 0.4) is 0 Å². The summed E-state index contributed by atoms with van der Waals surface area (Å²) in [5.41, 5.74) is 4.08. The molecule has 0 bridgehead atoms. The van der Waals surface area contributed by atoms with Crippen LogP contribution >= 0.6 is 0 Å². The summed E-state index contributed by atoms with van der Waals surface area (Å²) < 4.78 is 0. The largest absolute Gasteiger partial charge is 0.358 e. The van der Waals surface area contributed by atoms with Gasteiger partial charge in [0.15, 0.2) is 0 Å². The lowest BCUT2D eigenvalue weighted by Crippen LogP contribution is -2.31. The summed E-state index contributed by atoms with van der Waals surface area (Å²) in [5, 5.41) is 2.83. The van der Waals surface area contributed by atoms with E-state index in [1.54, 1.807) is 0 Å². The van der Waals surface area contributed by atoms with Crippen molar-refractivity contribution in [1.29, 1.82) is 0 Å². The SMILES string of the molecule is CC=C(C)c1cc2c([nH]1)CCNC2=O. The molecule has 74 valence electrons. The molecule has 3 nitrogen and oxygen atoms in total. The first kappa shape index (κ1) is 9.06.